The van der Waals surface area contributed by atoms with Crippen LogP contribution < -0.4 is 0 Å². The Labute approximate surface area is 97.8 Å². The third-order valence-electron chi connectivity index (χ3n) is 4.89. The zero-order chi connectivity index (χ0) is 11.7. The highest BCUT2D eigenvalue weighted by atomic mass is 16.5. The second-order valence-electron chi connectivity index (χ2n) is 5.75. The summed E-state index contributed by atoms with van der Waals surface area (Å²) in [6.45, 7) is 5.57. The molecule has 0 aromatic carbocycles. The molecular weight excluding hydrogens is 204 g/mol. The maximum Gasteiger partial charge on any atom is 0.100 e. The van der Waals surface area contributed by atoms with Crippen molar-refractivity contribution >= 4 is 0 Å². The molecule has 2 fully saturated rings. The highest BCUT2D eigenvalue weighted by Crippen LogP contribution is 2.54. The molecule has 0 spiro atoms. The van der Waals surface area contributed by atoms with Crippen LogP contribution in [-0.4, -0.2) is 36.1 Å². The lowest BCUT2D eigenvalue weighted by Gasteiger charge is -2.31. The molecule has 6 unspecified atom stereocenters. The minimum atomic E-state index is -0.713. The van der Waals surface area contributed by atoms with E-state index in [-0.39, 0.29) is 13.2 Å². The van der Waals surface area contributed by atoms with E-state index >= 15 is 0 Å². The SMILES string of the molecule is CC1C2CC(COCC(O)CO)C(C2)C1C. The average molecular weight is 228 g/mol. The van der Waals surface area contributed by atoms with Crippen LogP contribution in [0.15, 0.2) is 0 Å². The summed E-state index contributed by atoms with van der Waals surface area (Å²) in [6.07, 6.45) is 1.96. The molecule has 0 heterocycles. The number of ether oxygens (including phenoxy) is 1. The van der Waals surface area contributed by atoms with E-state index in [1.54, 1.807) is 0 Å². The Kier molecular flexibility index (Phi) is 3.88. The van der Waals surface area contributed by atoms with Gasteiger partial charge < -0.3 is 14.9 Å². The van der Waals surface area contributed by atoms with Gasteiger partial charge in [0.2, 0.25) is 0 Å². The molecule has 94 valence electrons. The molecule has 0 aliphatic heterocycles. The van der Waals surface area contributed by atoms with Crippen LogP contribution in [-0.2, 0) is 4.74 Å². The average Bonchev–Trinajstić information content (AvgIpc) is 2.80. The van der Waals surface area contributed by atoms with Gasteiger partial charge in [-0.25, -0.2) is 0 Å². The van der Waals surface area contributed by atoms with Crippen LogP contribution in [0, 0.1) is 29.6 Å². The Morgan fingerprint density at radius 2 is 2.00 bits per heavy atom. The van der Waals surface area contributed by atoms with Crippen molar-refractivity contribution in [2.24, 2.45) is 29.6 Å². The summed E-state index contributed by atoms with van der Waals surface area (Å²) in [4.78, 5) is 0. The van der Waals surface area contributed by atoms with Crippen molar-refractivity contribution in [2.75, 3.05) is 19.8 Å². The molecule has 2 aliphatic carbocycles. The number of rotatable bonds is 5. The van der Waals surface area contributed by atoms with Gasteiger partial charge in [0.1, 0.15) is 6.10 Å². The van der Waals surface area contributed by atoms with E-state index in [4.69, 9.17) is 9.84 Å². The smallest absolute Gasteiger partial charge is 0.100 e. The molecule has 0 aromatic heterocycles. The van der Waals surface area contributed by atoms with Crippen LogP contribution in [0.1, 0.15) is 26.7 Å². The Morgan fingerprint density at radius 3 is 2.56 bits per heavy atom. The van der Waals surface area contributed by atoms with E-state index in [1.165, 1.54) is 12.8 Å². The molecule has 2 rings (SSSR count). The van der Waals surface area contributed by atoms with Crippen molar-refractivity contribution in [3.05, 3.63) is 0 Å². The third-order valence-corrected chi connectivity index (χ3v) is 4.89. The molecule has 0 saturated heterocycles. The lowest BCUT2D eigenvalue weighted by Crippen LogP contribution is -2.29. The molecule has 0 amide bonds. The Bertz CT molecular complexity index is 229. The number of aliphatic hydroxyl groups is 2. The van der Waals surface area contributed by atoms with Gasteiger partial charge in [-0.05, 0) is 42.4 Å². The van der Waals surface area contributed by atoms with Gasteiger partial charge in [-0.1, -0.05) is 13.8 Å². The van der Waals surface area contributed by atoms with E-state index in [1.807, 2.05) is 0 Å². The molecule has 2 bridgehead atoms. The fourth-order valence-electron chi connectivity index (χ4n) is 3.69. The van der Waals surface area contributed by atoms with Crippen molar-refractivity contribution in [3.8, 4) is 0 Å². The molecule has 0 radical (unpaired) electrons. The van der Waals surface area contributed by atoms with Crippen LogP contribution in [0.2, 0.25) is 0 Å². The largest absolute Gasteiger partial charge is 0.394 e. The van der Waals surface area contributed by atoms with Crippen molar-refractivity contribution in [2.45, 2.75) is 32.8 Å². The van der Waals surface area contributed by atoms with Gasteiger partial charge in [-0.15, -0.1) is 0 Å². The second-order valence-corrected chi connectivity index (χ2v) is 5.75. The number of hydrogen-bond donors (Lipinski definition) is 2. The minimum Gasteiger partial charge on any atom is -0.394 e. The van der Waals surface area contributed by atoms with Crippen LogP contribution in [0.3, 0.4) is 0 Å². The number of aliphatic hydroxyl groups excluding tert-OH is 2. The first-order valence-electron chi connectivity index (χ1n) is 6.50. The summed E-state index contributed by atoms with van der Waals surface area (Å²) < 4.78 is 5.50. The van der Waals surface area contributed by atoms with Gasteiger partial charge in [0.25, 0.3) is 0 Å². The van der Waals surface area contributed by atoms with Gasteiger partial charge in [0, 0.05) is 6.61 Å². The second kappa shape index (κ2) is 5.03. The minimum absolute atomic E-state index is 0.204. The zero-order valence-electron chi connectivity index (χ0n) is 10.3. The predicted octanol–water partition coefficient (Wildman–Crippen LogP) is 1.28. The number of fused-ring (bicyclic) bond motifs is 2. The predicted molar refractivity (Wildman–Crippen MR) is 61.9 cm³/mol. The van der Waals surface area contributed by atoms with Crippen molar-refractivity contribution in [1.29, 1.82) is 0 Å². The molecule has 3 nitrogen and oxygen atoms in total. The molecule has 0 aromatic rings. The summed E-state index contributed by atoms with van der Waals surface area (Å²) in [7, 11) is 0. The summed E-state index contributed by atoms with van der Waals surface area (Å²) >= 11 is 0. The molecule has 16 heavy (non-hydrogen) atoms. The van der Waals surface area contributed by atoms with Gasteiger partial charge in [-0.2, -0.15) is 0 Å². The van der Waals surface area contributed by atoms with E-state index in [0.717, 1.165) is 30.3 Å². The van der Waals surface area contributed by atoms with Crippen molar-refractivity contribution in [1.82, 2.24) is 0 Å². The highest BCUT2D eigenvalue weighted by Gasteiger charge is 2.48. The van der Waals surface area contributed by atoms with Crippen LogP contribution in [0.25, 0.3) is 0 Å². The molecule has 3 heteroatoms. The fourth-order valence-corrected chi connectivity index (χ4v) is 3.69. The first-order valence-corrected chi connectivity index (χ1v) is 6.50. The Morgan fingerprint density at radius 1 is 1.25 bits per heavy atom. The topological polar surface area (TPSA) is 49.7 Å². The Hall–Kier alpha value is -0.120. The van der Waals surface area contributed by atoms with Gasteiger partial charge >= 0.3 is 0 Å². The van der Waals surface area contributed by atoms with Crippen LogP contribution in [0.5, 0.6) is 0 Å². The molecule has 2 saturated carbocycles. The molecule has 6 atom stereocenters. The van der Waals surface area contributed by atoms with E-state index in [0.29, 0.717) is 5.92 Å². The normalized spacial score (nSPS) is 43.9. The summed E-state index contributed by atoms with van der Waals surface area (Å²) in [5, 5.41) is 17.9. The summed E-state index contributed by atoms with van der Waals surface area (Å²) in [6, 6.07) is 0. The van der Waals surface area contributed by atoms with Crippen LogP contribution in [0.4, 0.5) is 0 Å². The van der Waals surface area contributed by atoms with Gasteiger partial charge in [-0.3, -0.25) is 0 Å². The lowest BCUT2D eigenvalue weighted by atomic mass is 9.76. The maximum absolute atomic E-state index is 9.18. The summed E-state index contributed by atoms with van der Waals surface area (Å²) in [5.41, 5.74) is 0. The quantitative estimate of drug-likeness (QED) is 0.745. The van der Waals surface area contributed by atoms with Gasteiger partial charge in [0.15, 0.2) is 0 Å². The monoisotopic (exact) mass is 228 g/mol. The standard InChI is InChI=1S/C13H24O3/c1-8-9(2)13-4-10(8)3-11(13)6-16-7-12(15)5-14/h8-15H,3-7H2,1-2H3. The first-order chi connectivity index (χ1) is 7.63. The van der Waals surface area contributed by atoms with E-state index < -0.39 is 6.10 Å². The van der Waals surface area contributed by atoms with E-state index in [2.05, 4.69) is 13.8 Å². The zero-order valence-corrected chi connectivity index (χ0v) is 10.3. The van der Waals surface area contributed by atoms with Crippen molar-refractivity contribution in [3.63, 3.8) is 0 Å². The Balaban J connectivity index is 1.73. The lowest BCUT2D eigenvalue weighted by molar-refractivity contribution is -0.0162. The van der Waals surface area contributed by atoms with Crippen molar-refractivity contribution < 1.29 is 14.9 Å². The molecule has 2 N–H and O–H groups in total. The third kappa shape index (κ3) is 2.27. The van der Waals surface area contributed by atoms with Crippen LogP contribution >= 0.6 is 0 Å². The van der Waals surface area contributed by atoms with Gasteiger partial charge in [0.05, 0.1) is 13.2 Å². The highest BCUT2D eigenvalue weighted by molar-refractivity contribution is 4.97. The molecule has 2 aliphatic rings. The maximum atomic E-state index is 9.18. The first kappa shape index (κ1) is 12.3. The summed E-state index contributed by atoms with van der Waals surface area (Å²) in [5.74, 6) is 4.11. The molecular formula is C13H24O3. The fraction of sp³-hybridized carbons (Fsp3) is 1.00. The van der Waals surface area contributed by atoms with E-state index in [9.17, 15) is 5.11 Å². The number of hydrogen-bond acceptors (Lipinski definition) is 3.